The molecule has 2 aliphatic heterocycles. The molecule has 154 valence electrons. The quantitative estimate of drug-likeness (QED) is 0.747. The first kappa shape index (κ1) is 22.1. The van der Waals surface area contributed by atoms with Crippen LogP contribution in [0.4, 0.5) is 0 Å². The molecule has 27 heavy (non-hydrogen) atoms. The molecule has 3 heterocycles. The first-order valence-corrected chi connectivity index (χ1v) is 10.4. The SMILES string of the molecule is Cc1noc(C)c1S(=O)(=O)N1CCCN(C(=O)[C@@H]2CC[C@H](CN)O2)CC1.Cl. The zero-order valence-electron chi connectivity index (χ0n) is 15.6. The van der Waals surface area contributed by atoms with E-state index in [2.05, 4.69) is 5.16 Å². The second-order valence-electron chi connectivity index (χ2n) is 6.80. The molecule has 0 unspecified atom stereocenters. The van der Waals surface area contributed by atoms with Gasteiger partial charge in [0, 0.05) is 32.7 Å². The summed E-state index contributed by atoms with van der Waals surface area (Å²) in [6.45, 7) is 5.06. The van der Waals surface area contributed by atoms with Crippen LogP contribution in [-0.4, -0.2) is 73.6 Å². The summed E-state index contributed by atoms with van der Waals surface area (Å²) in [6.07, 6.45) is 1.49. The molecule has 1 amide bonds. The summed E-state index contributed by atoms with van der Waals surface area (Å²) in [5.41, 5.74) is 5.95. The van der Waals surface area contributed by atoms with E-state index in [1.807, 2.05) is 0 Å². The maximum atomic E-state index is 12.9. The maximum Gasteiger partial charge on any atom is 0.251 e. The average Bonchev–Trinajstić information content (AvgIpc) is 3.12. The maximum absolute atomic E-state index is 12.9. The van der Waals surface area contributed by atoms with Gasteiger partial charge in [0.1, 0.15) is 16.7 Å². The predicted molar refractivity (Wildman–Crippen MR) is 100 cm³/mol. The van der Waals surface area contributed by atoms with Crippen LogP contribution in [0.2, 0.25) is 0 Å². The standard InChI is InChI=1S/C16H26N4O5S.ClH/c1-11-15(12(2)25-18-11)26(22,23)20-7-3-6-19(8-9-20)16(21)14-5-4-13(10-17)24-14;/h13-14H,3-10,17H2,1-2H3;1H/t13-,14+;/m1./s1. The third-order valence-electron chi connectivity index (χ3n) is 4.98. The van der Waals surface area contributed by atoms with Crippen molar-refractivity contribution in [3.8, 4) is 0 Å². The minimum Gasteiger partial charge on any atom is -0.364 e. The second-order valence-corrected chi connectivity index (χ2v) is 8.67. The van der Waals surface area contributed by atoms with Crippen molar-refractivity contribution < 1.29 is 22.5 Å². The van der Waals surface area contributed by atoms with E-state index >= 15 is 0 Å². The van der Waals surface area contributed by atoms with Crippen molar-refractivity contribution in [2.24, 2.45) is 5.73 Å². The van der Waals surface area contributed by atoms with E-state index in [0.29, 0.717) is 44.7 Å². The minimum absolute atomic E-state index is 0. The first-order valence-electron chi connectivity index (χ1n) is 8.92. The van der Waals surface area contributed by atoms with Gasteiger partial charge in [-0.05, 0) is 33.1 Å². The van der Waals surface area contributed by atoms with Crippen LogP contribution in [0.1, 0.15) is 30.7 Å². The Bertz CT molecular complexity index is 749. The number of aromatic nitrogens is 1. The number of ether oxygens (including phenoxy) is 1. The molecule has 3 rings (SSSR count). The molecular weight excluding hydrogens is 396 g/mol. The molecule has 0 saturated carbocycles. The number of carbonyl (C=O) groups is 1. The fourth-order valence-corrected chi connectivity index (χ4v) is 5.35. The summed E-state index contributed by atoms with van der Waals surface area (Å²) in [7, 11) is -3.69. The highest BCUT2D eigenvalue weighted by molar-refractivity contribution is 7.89. The van der Waals surface area contributed by atoms with E-state index < -0.39 is 16.1 Å². The molecule has 0 bridgehead atoms. The van der Waals surface area contributed by atoms with Crippen LogP contribution in [0, 0.1) is 13.8 Å². The Kier molecular flexibility index (Phi) is 7.26. The van der Waals surface area contributed by atoms with Crippen LogP contribution >= 0.6 is 12.4 Å². The largest absolute Gasteiger partial charge is 0.364 e. The monoisotopic (exact) mass is 422 g/mol. The van der Waals surface area contributed by atoms with Gasteiger partial charge in [0.25, 0.3) is 5.91 Å². The van der Waals surface area contributed by atoms with E-state index in [0.717, 1.165) is 6.42 Å². The Hall–Kier alpha value is -1.20. The Morgan fingerprint density at radius 3 is 2.56 bits per heavy atom. The summed E-state index contributed by atoms with van der Waals surface area (Å²) in [5.74, 6) is 0.212. The zero-order chi connectivity index (χ0) is 18.9. The van der Waals surface area contributed by atoms with E-state index in [4.69, 9.17) is 15.0 Å². The molecule has 9 nitrogen and oxygen atoms in total. The number of nitrogens with zero attached hydrogens (tertiary/aromatic N) is 3. The van der Waals surface area contributed by atoms with Crippen molar-refractivity contribution in [1.29, 1.82) is 0 Å². The molecule has 2 N–H and O–H groups in total. The van der Waals surface area contributed by atoms with Gasteiger partial charge < -0.3 is 19.9 Å². The smallest absolute Gasteiger partial charge is 0.251 e. The number of aryl methyl sites for hydroxylation is 2. The molecule has 0 aromatic carbocycles. The third-order valence-corrected chi connectivity index (χ3v) is 7.12. The second kappa shape index (κ2) is 8.87. The first-order chi connectivity index (χ1) is 12.3. The van der Waals surface area contributed by atoms with Crippen LogP contribution in [0.3, 0.4) is 0 Å². The summed E-state index contributed by atoms with van der Waals surface area (Å²) in [4.78, 5) is 14.5. The normalized spacial score (nSPS) is 24.5. The van der Waals surface area contributed by atoms with E-state index in [9.17, 15) is 13.2 Å². The fourth-order valence-electron chi connectivity index (χ4n) is 3.59. The molecule has 11 heteroatoms. The summed E-state index contributed by atoms with van der Waals surface area (Å²) in [6, 6.07) is 0. The molecule has 2 atom stereocenters. The fraction of sp³-hybridized carbons (Fsp3) is 0.750. The lowest BCUT2D eigenvalue weighted by Gasteiger charge is -2.24. The van der Waals surface area contributed by atoms with Crippen molar-refractivity contribution in [3.63, 3.8) is 0 Å². The number of sulfonamides is 1. The number of rotatable bonds is 4. The Balaban J connectivity index is 0.00000261. The van der Waals surface area contributed by atoms with Crippen LogP contribution in [0.25, 0.3) is 0 Å². The molecule has 2 saturated heterocycles. The Morgan fingerprint density at radius 1 is 1.22 bits per heavy atom. The van der Waals surface area contributed by atoms with E-state index in [1.54, 1.807) is 18.7 Å². The van der Waals surface area contributed by atoms with Gasteiger partial charge >= 0.3 is 0 Å². The summed E-state index contributed by atoms with van der Waals surface area (Å²) in [5, 5.41) is 3.74. The molecule has 1 aromatic rings. The number of hydrogen-bond acceptors (Lipinski definition) is 7. The molecule has 0 radical (unpaired) electrons. The molecule has 2 aliphatic rings. The lowest BCUT2D eigenvalue weighted by molar-refractivity contribution is -0.142. The molecule has 1 aromatic heterocycles. The van der Waals surface area contributed by atoms with Crippen LogP contribution < -0.4 is 5.73 Å². The average molecular weight is 423 g/mol. The van der Waals surface area contributed by atoms with Gasteiger partial charge in [-0.2, -0.15) is 4.31 Å². The van der Waals surface area contributed by atoms with Crippen molar-refractivity contribution in [3.05, 3.63) is 11.5 Å². The van der Waals surface area contributed by atoms with Gasteiger partial charge in [0.05, 0.1) is 6.10 Å². The van der Waals surface area contributed by atoms with Crippen LogP contribution in [0.15, 0.2) is 9.42 Å². The number of halogens is 1. The highest BCUT2D eigenvalue weighted by Gasteiger charge is 2.36. The Labute approximate surface area is 165 Å². The highest BCUT2D eigenvalue weighted by Crippen LogP contribution is 2.25. The highest BCUT2D eigenvalue weighted by atomic mass is 35.5. The van der Waals surface area contributed by atoms with Gasteiger partial charge in [-0.15, -0.1) is 12.4 Å². The van der Waals surface area contributed by atoms with Crippen LogP contribution in [-0.2, 0) is 19.6 Å². The number of hydrogen-bond donors (Lipinski definition) is 1. The predicted octanol–water partition coefficient (Wildman–Crippen LogP) is 0.443. The summed E-state index contributed by atoms with van der Waals surface area (Å²) >= 11 is 0. The number of nitrogens with two attached hydrogens (primary N) is 1. The lowest BCUT2D eigenvalue weighted by atomic mass is 10.2. The van der Waals surface area contributed by atoms with Crippen LogP contribution in [0.5, 0.6) is 0 Å². The van der Waals surface area contributed by atoms with Gasteiger partial charge in [0.15, 0.2) is 5.76 Å². The molecule has 0 spiro atoms. The van der Waals surface area contributed by atoms with E-state index in [-0.39, 0.29) is 41.6 Å². The summed E-state index contributed by atoms with van der Waals surface area (Å²) < 4.78 is 38.0. The van der Waals surface area contributed by atoms with Crippen molar-refractivity contribution in [2.45, 2.75) is 50.2 Å². The van der Waals surface area contributed by atoms with Crippen molar-refractivity contribution in [1.82, 2.24) is 14.4 Å². The Morgan fingerprint density at radius 2 is 1.96 bits per heavy atom. The molecule has 2 fully saturated rings. The third kappa shape index (κ3) is 4.45. The van der Waals surface area contributed by atoms with Gasteiger partial charge in [-0.25, -0.2) is 8.42 Å². The lowest BCUT2D eigenvalue weighted by Crippen LogP contribution is -2.42. The van der Waals surface area contributed by atoms with E-state index in [1.165, 1.54) is 4.31 Å². The number of amides is 1. The molecular formula is C16H27ClN4O5S. The van der Waals surface area contributed by atoms with Gasteiger partial charge in [-0.3, -0.25) is 4.79 Å². The van der Waals surface area contributed by atoms with Crippen molar-refractivity contribution >= 4 is 28.3 Å². The minimum atomic E-state index is -3.69. The molecule has 0 aliphatic carbocycles. The topological polar surface area (TPSA) is 119 Å². The zero-order valence-corrected chi connectivity index (χ0v) is 17.2. The van der Waals surface area contributed by atoms with Gasteiger partial charge in [0.2, 0.25) is 10.0 Å². The van der Waals surface area contributed by atoms with Gasteiger partial charge in [-0.1, -0.05) is 5.16 Å². The number of carbonyl (C=O) groups excluding carboxylic acids is 1. The van der Waals surface area contributed by atoms with Crippen molar-refractivity contribution in [2.75, 3.05) is 32.7 Å².